The van der Waals surface area contributed by atoms with E-state index in [-0.39, 0.29) is 16.1 Å². The van der Waals surface area contributed by atoms with E-state index >= 15 is 0 Å². The Morgan fingerprint density at radius 2 is 1.60 bits per heavy atom. The summed E-state index contributed by atoms with van der Waals surface area (Å²) in [4.78, 5) is 23.0. The third-order valence-corrected chi connectivity index (χ3v) is 11.2. The van der Waals surface area contributed by atoms with Crippen LogP contribution in [0.2, 0.25) is 16.1 Å². The maximum Gasteiger partial charge on any atom is 0.328 e. The zero-order chi connectivity index (χ0) is 19.3. The molecule has 0 aromatic heterocycles. The number of rotatable bonds is 8. The van der Waals surface area contributed by atoms with Gasteiger partial charge in [0, 0.05) is 12.2 Å². The van der Waals surface area contributed by atoms with E-state index in [2.05, 4.69) is 53.7 Å². The van der Waals surface area contributed by atoms with Crippen LogP contribution in [0.5, 0.6) is 0 Å². The lowest BCUT2D eigenvalue weighted by atomic mass is 10.0. The number of benzene rings is 1. The van der Waals surface area contributed by atoms with Gasteiger partial charge in [-0.3, -0.25) is 0 Å². The fourth-order valence-electron chi connectivity index (χ4n) is 4.19. The van der Waals surface area contributed by atoms with Gasteiger partial charge in [0.2, 0.25) is 0 Å². The van der Waals surface area contributed by atoms with Crippen LogP contribution in [0.15, 0.2) is 42.5 Å². The van der Waals surface area contributed by atoms with Crippen LogP contribution in [0.4, 0.5) is 0 Å². The molecule has 0 aliphatic rings. The molecule has 0 atom stereocenters. The predicted octanol–water partition coefficient (Wildman–Crippen LogP) is 4.96. The molecule has 0 spiro atoms. The van der Waals surface area contributed by atoms with Crippen LogP contribution in [0, 0.1) is 0 Å². The van der Waals surface area contributed by atoms with Crippen molar-refractivity contribution in [3.05, 3.63) is 48.0 Å². The summed E-state index contributed by atoms with van der Waals surface area (Å²) in [5.74, 6) is -1.71. The van der Waals surface area contributed by atoms with Gasteiger partial charge in [-0.1, -0.05) is 71.9 Å². The third kappa shape index (κ3) is 5.05. The Kier molecular flexibility index (Phi) is 7.17. The minimum atomic E-state index is -2.59. The molecule has 0 unspecified atom stereocenters. The molecule has 1 rings (SSSR count). The molecule has 5 heteroatoms. The predicted molar refractivity (Wildman–Crippen MR) is 103 cm³/mol. The van der Waals surface area contributed by atoms with E-state index in [1.54, 1.807) is 0 Å². The largest absolute Gasteiger partial charge is 0.515 e. The van der Waals surface area contributed by atoms with Crippen molar-refractivity contribution in [3.8, 4) is 0 Å². The number of carbonyl (C=O) groups is 2. The van der Waals surface area contributed by atoms with E-state index in [1.807, 2.05) is 18.2 Å². The highest BCUT2D eigenvalue weighted by Gasteiger charge is 2.56. The van der Waals surface area contributed by atoms with Gasteiger partial charge >= 0.3 is 11.9 Å². The molecule has 1 N–H and O–H groups in total. The standard InChI is InChI=1S/C20H30O4Si/c1-15(2)25(16(3)4,24-19(23)13-12-18(21)22)20(5,6)14-17-10-8-7-9-11-17/h7-13,15-16H,14H2,1-6H3,(H,21,22)/b13-12-. The molecular formula is C20H30O4Si. The SMILES string of the molecule is CC(C)[Si](OC(=O)/C=C\C(=O)O)(C(C)C)C(C)(C)Cc1ccccc1. The summed E-state index contributed by atoms with van der Waals surface area (Å²) in [6.45, 7) is 12.8. The maximum absolute atomic E-state index is 12.3. The molecule has 4 nitrogen and oxygen atoms in total. The van der Waals surface area contributed by atoms with Crippen molar-refractivity contribution in [2.24, 2.45) is 0 Å². The zero-order valence-electron chi connectivity index (χ0n) is 16.1. The molecule has 0 saturated heterocycles. The lowest BCUT2D eigenvalue weighted by molar-refractivity contribution is -0.133. The van der Waals surface area contributed by atoms with Crippen LogP contribution < -0.4 is 0 Å². The maximum atomic E-state index is 12.3. The van der Waals surface area contributed by atoms with Gasteiger partial charge in [-0.25, -0.2) is 9.59 Å². The first kappa shape index (κ1) is 21.2. The van der Waals surface area contributed by atoms with Gasteiger partial charge in [0.25, 0.3) is 8.32 Å². The Hall–Kier alpha value is -1.88. The molecule has 138 valence electrons. The second-order valence-electron chi connectivity index (χ2n) is 7.74. The molecule has 0 aliphatic carbocycles. The molecule has 0 amide bonds. The molecule has 0 saturated carbocycles. The Balaban J connectivity index is 3.25. The van der Waals surface area contributed by atoms with Crippen molar-refractivity contribution in [1.29, 1.82) is 0 Å². The molecule has 0 bridgehead atoms. The first-order valence-corrected chi connectivity index (χ1v) is 10.8. The number of hydrogen-bond donors (Lipinski definition) is 1. The second kappa shape index (κ2) is 8.47. The van der Waals surface area contributed by atoms with Crippen molar-refractivity contribution in [1.82, 2.24) is 0 Å². The average molecular weight is 363 g/mol. The summed E-state index contributed by atoms with van der Waals surface area (Å²) >= 11 is 0. The number of carboxylic acids is 1. The normalized spacial score (nSPS) is 12.8. The van der Waals surface area contributed by atoms with E-state index in [9.17, 15) is 9.59 Å². The van der Waals surface area contributed by atoms with Crippen LogP contribution in [0.1, 0.15) is 47.1 Å². The van der Waals surface area contributed by atoms with E-state index in [0.29, 0.717) is 0 Å². The molecule has 0 fully saturated rings. The smallest absolute Gasteiger partial charge is 0.328 e. The van der Waals surface area contributed by atoms with Crippen molar-refractivity contribution < 1.29 is 19.1 Å². The minimum absolute atomic E-state index is 0.202. The minimum Gasteiger partial charge on any atom is -0.515 e. The first-order chi connectivity index (χ1) is 11.5. The summed E-state index contributed by atoms with van der Waals surface area (Å²) in [6, 6.07) is 10.2. The lowest BCUT2D eigenvalue weighted by Gasteiger charge is -2.49. The number of carboxylic acid groups (broad SMARTS) is 1. The highest BCUT2D eigenvalue weighted by molar-refractivity contribution is 6.80. The van der Waals surface area contributed by atoms with E-state index in [4.69, 9.17) is 9.53 Å². The van der Waals surface area contributed by atoms with Crippen LogP contribution in [-0.4, -0.2) is 25.4 Å². The van der Waals surface area contributed by atoms with Crippen molar-refractivity contribution in [2.75, 3.05) is 0 Å². The molecule has 0 heterocycles. The summed E-state index contributed by atoms with van der Waals surface area (Å²) < 4.78 is 6.10. The quantitative estimate of drug-likeness (QED) is 0.524. The lowest BCUT2D eigenvalue weighted by Crippen LogP contribution is -2.55. The fraction of sp³-hybridized carbons (Fsp3) is 0.500. The molecule has 0 aliphatic heterocycles. The van der Waals surface area contributed by atoms with Crippen LogP contribution in [0.25, 0.3) is 0 Å². The topological polar surface area (TPSA) is 63.6 Å². The Bertz CT molecular complexity index is 610. The molecule has 1 aromatic rings. The number of hydrogen-bond acceptors (Lipinski definition) is 3. The number of carbonyl (C=O) groups excluding carboxylic acids is 1. The first-order valence-electron chi connectivity index (χ1n) is 8.71. The zero-order valence-corrected chi connectivity index (χ0v) is 17.1. The number of aliphatic carboxylic acids is 1. The Morgan fingerprint density at radius 3 is 2.04 bits per heavy atom. The van der Waals surface area contributed by atoms with Gasteiger partial charge in [0.15, 0.2) is 0 Å². The highest BCUT2D eigenvalue weighted by atomic mass is 28.4. The van der Waals surface area contributed by atoms with E-state index in [0.717, 1.165) is 18.6 Å². The van der Waals surface area contributed by atoms with Gasteiger partial charge in [0.05, 0.1) is 0 Å². The fourth-order valence-corrected chi connectivity index (χ4v) is 10.3. The van der Waals surface area contributed by atoms with E-state index < -0.39 is 20.3 Å². The Labute approximate surface area is 152 Å². The van der Waals surface area contributed by atoms with Gasteiger partial charge in [0.1, 0.15) is 0 Å². The Morgan fingerprint density at radius 1 is 1.08 bits per heavy atom. The van der Waals surface area contributed by atoms with Crippen molar-refractivity contribution in [3.63, 3.8) is 0 Å². The average Bonchev–Trinajstić information content (AvgIpc) is 2.50. The van der Waals surface area contributed by atoms with Gasteiger partial charge in [-0.15, -0.1) is 0 Å². The summed E-state index contributed by atoms with van der Waals surface area (Å²) in [7, 11) is -2.59. The molecule has 25 heavy (non-hydrogen) atoms. The molecular weight excluding hydrogens is 332 g/mol. The third-order valence-electron chi connectivity index (χ3n) is 4.89. The van der Waals surface area contributed by atoms with Gasteiger partial charge in [-0.05, 0) is 28.1 Å². The highest BCUT2D eigenvalue weighted by Crippen LogP contribution is 2.52. The van der Waals surface area contributed by atoms with Gasteiger partial charge < -0.3 is 9.53 Å². The van der Waals surface area contributed by atoms with Crippen LogP contribution in [0.3, 0.4) is 0 Å². The molecule has 1 aromatic carbocycles. The van der Waals surface area contributed by atoms with Crippen LogP contribution in [-0.2, 0) is 20.4 Å². The van der Waals surface area contributed by atoms with E-state index in [1.165, 1.54) is 5.56 Å². The van der Waals surface area contributed by atoms with Crippen molar-refractivity contribution in [2.45, 2.75) is 64.1 Å². The van der Waals surface area contributed by atoms with Crippen molar-refractivity contribution >= 4 is 20.3 Å². The summed E-state index contributed by atoms with van der Waals surface area (Å²) in [5.41, 5.74) is 1.62. The summed E-state index contributed by atoms with van der Waals surface area (Å²) in [5, 5.41) is 8.55. The second-order valence-corrected chi connectivity index (χ2v) is 13.2. The monoisotopic (exact) mass is 362 g/mol. The van der Waals surface area contributed by atoms with Crippen LogP contribution >= 0.6 is 0 Å². The summed E-state index contributed by atoms with van der Waals surface area (Å²) in [6.07, 6.45) is 2.67. The van der Waals surface area contributed by atoms with Gasteiger partial charge in [-0.2, -0.15) is 0 Å². The molecule has 0 radical (unpaired) electrons.